The number of amides is 3. The van der Waals surface area contributed by atoms with E-state index in [-0.39, 0.29) is 35.5 Å². The van der Waals surface area contributed by atoms with Gasteiger partial charge in [0.05, 0.1) is 6.61 Å². The number of hydrogen-bond donors (Lipinski definition) is 5. The normalized spacial score (nSPS) is 20.8. The van der Waals surface area contributed by atoms with Gasteiger partial charge in [0, 0.05) is 11.1 Å². The number of β-lactam (4-membered cyclic amide) rings is 1. The van der Waals surface area contributed by atoms with Crippen molar-refractivity contribution in [3.63, 3.8) is 0 Å². The van der Waals surface area contributed by atoms with E-state index in [1.807, 2.05) is 0 Å². The molecule has 3 heterocycles. The fraction of sp³-hybridized carbons (Fsp3) is 0.294. The summed E-state index contributed by atoms with van der Waals surface area (Å²) in [5, 5.41) is 25.1. The Kier molecular flexibility index (Phi) is 7.12. The van der Waals surface area contributed by atoms with Crippen LogP contribution in [-0.4, -0.2) is 80.0 Å². The third kappa shape index (κ3) is 4.74. The lowest BCUT2D eigenvalue weighted by molar-refractivity contribution is -0.150. The van der Waals surface area contributed by atoms with Crippen molar-refractivity contribution < 1.29 is 34.2 Å². The first kappa shape index (κ1) is 23.2. The van der Waals surface area contributed by atoms with E-state index in [2.05, 4.69) is 15.5 Å². The monoisotopic (exact) mass is 482 g/mol. The third-order valence-electron chi connectivity index (χ3n) is 4.34. The highest BCUT2D eigenvalue weighted by molar-refractivity contribution is 8.00. The van der Waals surface area contributed by atoms with Gasteiger partial charge >= 0.3 is 5.97 Å². The first-order chi connectivity index (χ1) is 15.2. The highest BCUT2D eigenvalue weighted by Crippen LogP contribution is 2.40. The molecule has 2 aliphatic rings. The number of carboxylic acid groups (broad SMARTS) is 1. The lowest BCUT2D eigenvalue weighted by Gasteiger charge is -2.49. The van der Waals surface area contributed by atoms with Crippen molar-refractivity contribution in [3.05, 3.63) is 34.5 Å². The molecule has 32 heavy (non-hydrogen) atoms. The first-order valence-electron chi connectivity index (χ1n) is 8.92. The number of nitrogens with zero attached hydrogens (tertiary/aromatic N) is 3. The number of carboxylic acids is 1. The lowest BCUT2D eigenvalue weighted by atomic mass is 10.0. The molecule has 13 nitrogen and oxygen atoms in total. The van der Waals surface area contributed by atoms with Crippen LogP contribution >= 0.6 is 23.1 Å². The highest BCUT2D eigenvalue weighted by atomic mass is 32.2. The number of nitrogen functional groups attached to an aromatic ring is 1. The molecule has 2 aliphatic heterocycles. The highest BCUT2D eigenvalue weighted by Gasteiger charge is 2.54. The molecule has 1 fully saturated rings. The summed E-state index contributed by atoms with van der Waals surface area (Å²) in [4.78, 5) is 52.6. The van der Waals surface area contributed by atoms with Gasteiger partial charge in [-0.1, -0.05) is 17.3 Å². The Bertz CT molecular complexity index is 1050. The SMILES string of the molecule is NC(=O)COC/C=C/C1=C(C(=O)O)N2C(=O)[C@@H](NC(=O)C(=NO)c3csc(N)n3)[C@H]2SC1. The molecule has 0 spiro atoms. The number of primary amides is 1. The number of thiazole rings is 1. The maximum Gasteiger partial charge on any atom is 0.352 e. The van der Waals surface area contributed by atoms with E-state index >= 15 is 0 Å². The van der Waals surface area contributed by atoms with E-state index in [0.717, 1.165) is 16.2 Å². The van der Waals surface area contributed by atoms with Gasteiger partial charge < -0.3 is 31.8 Å². The minimum absolute atomic E-state index is 0.0322. The van der Waals surface area contributed by atoms with Crippen LogP contribution in [0.4, 0.5) is 5.13 Å². The second kappa shape index (κ2) is 9.80. The molecule has 7 N–H and O–H groups in total. The van der Waals surface area contributed by atoms with Crippen LogP contribution in [0, 0.1) is 0 Å². The molecule has 0 saturated carbocycles. The molecule has 0 aliphatic carbocycles. The number of hydrogen-bond acceptors (Lipinski definition) is 11. The number of anilines is 1. The van der Waals surface area contributed by atoms with Gasteiger partial charge in [-0.2, -0.15) is 0 Å². The van der Waals surface area contributed by atoms with Gasteiger partial charge in [-0.25, -0.2) is 9.78 Å². The zero-order chi connectivity index (χ0) is 23.4. The minimum atomic E-state index is -1.30. The number of carbonyl (C=O) groups is 4. The Balaban J connectivity index is 1.70. The summed E-state index contributed by atoms with van der Waals surface area (Å²) in [5.41, 5.74) is 10.3. The third-order valence-corrected chi connectivity index (χ3v) is 6.32. The number of nitrogens with two attached hydrogens (primary N) is 2. The van der Waals surface area contributed by atoms with Crippen LogP contribution in [0.3, 0.4) is 0 Å². The summed E-state index contributed by atoms with van der Waals surface area (Å²) in [6.45, 7) is -0.241. The topological polar surface area (TPSA) is 211 Å². The molecule has 0 radical (unpaired) electrons. The van der Waals surface area contributed by atoms with Gasteiger partial charge in [-0.05, 0) is 5.57 Å². The summed E-state index contributed by atoms with van der Waals surface area (Å²) >= 11 is 2.29. The fourth-order valence-electron chi connectivity index (χ4n) is 3.01. The van der Waals surface area contributed by atoms with Crippen LogP contribution in [-0.2, 0) is 23.9 Å². The summed E-state index contributed by atoms with van der Waals surface area (Å²) < 4.78 is 4.99. The second-order valence-corrected chi connectivity index (χ2v) is 8.44. The van der Waals surface area contributed by atoms with Crippen LogP contribution in [0.25, 0.3) is 0 Å². The standard InChI is InChI=1S/C17H18N6O7S2/c18-9(24)4-30-3-1-2-7-5-31-15-11(14(26)23(15)12(7)16(27)28)21-13(25)10(22-29)8-6-32-17(19)20-8/h1-2,6,11,15,29H,3-5H2,(H2,18,24)(H2,19,20)(H,21,25)(H,27,28)/b2-1+,22-10?/t11-,15-/m1/s1. The molecule has 170 valence electrons. The molecular weight excluding hydrogens is 464 g/mol. The summed E-state index contributed by atoms with van der Waals surface area (Å²) in [7, 11) is 0. The minimum Gasteiger partial charge on any atom is -0.477 e. The number of carbonyl (C=O) groups excluding carboxylic acids is 3. The lowest BCUT2D eigenvalue weighted by Crippen LogP contribution is -2.71. The molecule has 1 aromatic rings. The smallest absolute Gasteiger partial charge is 0.352 e. The van der Waals surface area contributed by atoms with E-state index in [4.69, 9.17) is 16.2 Å². The Morgan fingerprint density at radius 1 is 1.44 bits per heavy atom. The number of aliphatic carboxylic acids is 1. The largest absolute Gasteiger partial charge is 0.477 e. The number of ether oxygens (including phenoxy) is 1. The number of fused-ring (bicyclic) bond motifs is 1. The summed E-state index contributed by atoms with van der Waals surface area (Å²) in [5.74, 6) is -3.17. The van der Waals surface area contributed by atoms with E-state index in [1.165, 1.54) is 29.3 Å². The quantitative estimate of drug-likeness (QED) is 0.0923. The molecule has 1 aromatic heterocycles. The van der Waals surface area contributed by atoms with Crippen molar-refractivity contribution in [3.8, 4) is 0 Å². The van der Waals surface area contributed by atoms with Crippen molar-refractivity contribution in [2.75, 3.05) is 24.7 Å². The van der Waals surface area contributed by atoms with E-state index in [1.54, 1.807) is 0 Å². The number of oxime groups is 1. The van der Waals surface area contributed by atoms with Crippen LogP contribution in [0.2, 0.25) is 0 Å². The van der Waals surface area contributed by atoms with Crippen molar-refractivity contribution in [2.45, 2.75) is 11.4 Å². The predicted octanol–water partition coefficient (Wildman–Crippen LogP) is -1.30. The Morgan fingerprint density at radius 2 is 2.19 bits per heavy atom. The first-order valence-corrected chi connectivity index (χ1v) is 10.9. The van der Waals surface area contributed by atoms with Gasteiger partial charge in [0.1, 0.15) is 29.4 Å². The van der Waals surface area contributed by atoms with Gasteiger partial charge in [0.25, 0.3) is 11.8 Å². The van der Waals surface area contributed by atoms with E-state index < -0.39 is 40.8 Å². The van der Waals surface area contributed by atoms with Crippen molar-refractivity contribution >= 4 is 57.6 Å². The number of thioether (sulfide) groups is 1. The number of aromatic nitrogens is 1. The fourth-order valence-corrected chi connectivity index (χ4v) is 4.87. The Labute approximate surface area is 188 Å². The Hall–Kier alpha value is -3.43. The van der Waals surface area contributed by atoms with Crippen LogP contribution in [0.1, 0.15) is 5.69 Å². The zero-order valence-electron chi connectivity index (χ0n) is 16.3. The molecule has 2 atom stereocenters. The molecule has 0 unspecified atom stereocenters. The molecule has 3 amide bonds. The van der Waals surface area contributed by atoms with Crippen LogP contribution in [0.5, 0.6) is 0 Å². The second-order valence-electron chi connectivity index (χ2n) is 6.44. The maximum absolute atomic E-state index is 12.7. The number of allylic oxidation sites excluding steroid dienone is 1. The molecule has 0 aromatic carbocycles. The van der Waals surface area contributed by atoms with Gasteiger partial charge in [-0.3, -0.25) is 19.3 Å². The Morgan fingerprint density at radius 3 is 2.78 bits per heavy atom. The molecule has 3 rings (SSSR count). The number of nitrogens with one attached hydrogen (secondary N) is 1. The average molecular weight is 483 g/mol. The molecular formula is C17H18N6O7S2. The van der Waals surface area contributed by atoms with Gasteiger partial charge in [0.2, 0.25) is 5.91 Å². The average Bonchev–Trinajstić information content (AvgIpc) is 3.17. The van der Waals surface area contributed by atoms with Gasteiger partial charge in [0.15, 0.2) is 10.8 Å². The maximum atomic E-state index is 12.7. The van der Waals surface area contributed by atoms with E-state index in [0.29, 0.717) is 5.57 Å². The van der Waals surface area contributed by atoms with Crippen molar-refractivity contribution in [2.24, 2.45) is 10.9 Å². The summed E-state index contributed by atoms with van der Waals surface area (Å²) in [6.07, 6.45) is 3.01. The van der Waals surface area contributed by atoms with E-state index in [9.17, 15) is 29.5 Å². The van der Waals surface area contributed by atoms with Crippen LogP contribution < -0.4 is 16.8 Å². The molecule has 0 bridgehead atoms. The predicted molar refractivity (Wildman–Crippen MR) is 114 cm³/mol. The van der Waals surface area contributed by atoms with Gasteiger partial charge in [-0.15, -0.1) is 23.1 Å². The van der Waals surface area contributed by atoms with Crippen LogP contribution in [0.15, 0.2) is 34.0 Å². The number of rotatable bonds is 9. The van der Waals surface area contributed by atoms with Crippen molar-refractivity contribution in [1.82, 2.24) is 15.2 Å². The molecule has 1 saturated heterocycles. The molecule has 15 heteroatoms. The van der Waals surface area contributed by atoms with Crippen molar-refractivity contribution in [1.29, 1.82) is 0 Å². The zero-order valence-corrected chi connectivity index (χ0v) is 17.9. The summed E-state index contributed by atoms with van der Waals surface area (Å²) in [6, 6.07) is -1.01.